The summed E-state index contributed by atoms with van der Waals surface area (Å²) in [7, 11) is -5.15. The lowest BCUT2D eigenvalue weighted by atomic mass is 9.98. The van der Waals surface area contributed by atoms with Gasteiger partial charge in [-0.1, -0.05) is 61.5 Å². The van der Waals surface area contributed by atoms with Crippen LogP contribution < -0.4 is 11.4 Å². The molecule has 6 rings (SSSR count). The topological polar surface area (TPSA) is 204 Å². The third-order valence-corrected chi connectivity index (χ3v) is 23.1. The Kier molecular flexibility index (Phi) is 15.9. The molecule has 2 aromatic heterocycles. The third kappa shape index (κ3) is 11.8. The second-order valence-corrected chi connectivity index (χ2v) is 31.1. The maximum Gasteiger partial charge on any atom is 0.350 e. The fourth-order valence-electron chi connectivity index (χ4n) is 7.74. The van der Waals surface area contributed by atoms with E-state index in [1.54, 1.807) is 17.0 Å². The maximum absolute atomic E-state index is 16.5. The van der Waals surface area contributed by atoms with E-state index < -0.39 is 75.6 Å². The van der Waals surface area contributed by atoms with Gasteiger partial charge in [0.25, 0.3) is 0 Å². The molecule has 0 bridgehead atoms. The minimum Gasteiger partial charge on any atom is -0.508 e. The molecule has 0 radical (unpaired) electrons. The number of aromatic hydroxyl groups is 2. The number of phenols is 2. The lowest BCUT2D eigenvalue weighted by Crippen LogP contribution is -2.53. The van der Waals surface area contributed by atoms with Crippen molar-refractivity contribution < 1.29 is 51.3 Å². The van der Waals surface area contributed by atoms with Crippen LogP contribution in [-0.2, 0) is 40.9 Å². The number of carbonyl (C=O) groups excluding carboxylic acids is 2. The van der Waals surface area contributed by atoms with Gasteiger partial charge in [-0.3, -0.25) is 19.1 Å². The van der Waals surface area contributed by atoms with Gasteiger partial charge in [-0.05, 0) is 72.0 Å². The highest BCUT2D eigenvalue weighted by molar-refractivity contribution is 6.74. The molecule has 2 aliphatic rings. The quantitative estimate of drug-likeness (QED) is 0.0751. The summed E-state index contributed by atoms with van der Waals surface area (Å²) in [5.74, 6) is -5.72. The number of benzene rings is 2. The number of carbonyl (C=O) groups is 2. The Labute approximate surface area is 408 Å². The Morgan fingerprint density at radius 2 is 1.60 bits per heavy atom. The van der Waals surface area contributed by atoms with Crippen LogP contribution in [0, 0.1) is 5.82 Å². The predicted molar refractivity (Wildman–Crippen MR) is 261 cm³/mol. The zero-order valence-electron chi connectivity index (χ0n) is 42.2. The largest absolute Gasteiger partial charge is 0.508 e. The molecule has 4 heterocycles. The molecular weight excluding hydrogens is 948 g/mol. The second kappa shape index (κ2) is 20.5. The average Bonchev–Trinajstić information content (AvgIpc) is 3.74. The van der Waals surface area contributed by atoms with Gasteiger partial charge in [0, 0.05) is 50.6 Å². The van der Waals surface area contributed by atoms with E-state index in [4.69, 9.17) is 18.3 Å². The summed E-state index contributed by atoms with van der Waals surface area (Å²) >= 11 is 0. The minimum atomic E-state index is -3.65. The number of amides is 1. The first-order chi connectivity index (χ1) is 32.4. The van der Waals surface area contributed by atoms with E-state index in [9.17, 15) is 29.4 Å². The van der Waals surface area contributed by atoms with Crippen LogP contribution in [0.5, 0.6) is 11.5 Å². The number of halogens is 3. The van der Waals surface area contributed by atoms with Crippen molar-refractivity contribution in [1.82, 2.24) is 34.1 Å². The van der Waals surface area contributed by atoms with E-state index in [2.05, 4.69) is 15.2 Å². The van der Waals surface area contributed by atoms with Crippen LogP contribution in [0.1, 0.15) is 90.8 Å². The minimum absolute atomic E-state index is 0.0114. The summed E-state index contributed by atoms with van der Waals surface area (Å²) in [6.45, 7) is 24.9. The van der Waals surface area contributed by atoms with Crippen molar-refractivity contribution in [3.8, 4) is 28.6 Å². The number of piperazine rings is 1. The number of aromatic nitrogens is 5. The lowest BCUT2D eigenvalue weighted by Gasteiger charge is -2.41. The number of phenolic OH excluding ortho intramolecular Hbond substituents is 2. The maximum atomic E-state index is 16.5. The van der Waals surface area contributed by atoms with Crippen LogP contribution in [0.4, 0.5) is 13.2 Å². The van der Waals surface area contributed by atoms with Gasteiger partial charge < -0.3 is 33.4 Å². The molecule has 3 atom stereocenters. The van der Waals surface area contributed by atoms with Crippen molar-refractivity contribution in [2.75, 3.05) is 39.4 Å². The normalized spacial score (nSPS) is 19.3. The van der Waals surface area contributed by atoms with Crippen molar-refractivity contribution in [1.29, 1.82) is 0 Å². The van der Waals surface area contributed by atoms with E-state index in [0.29, 0.717) is 41.9 Å². The summed E-state index contributed by atoms with van der Waals surface area (Å²) in [4.78, 5) is 59.6. The van der Waals surface area contributed by atoms with E-state index in [-0.39, 0.29) is 77.3 Å². The Balaban J connectivity index is 1.00. The number of nitrogens with zero attached hydrogens (tertiary/aromatic N) is 6. The number of alkyl halides is 2. The molecule has 22 heteroatoms. The van der Waals surface area contributed by atoms with Gasteiger partial charge in [0.2, 0.25) is 12.1 Å². The first-order valence-corrected chi connectivity index (χ1v) is 29.3. The fraction of sp³-hybridized carbons (Fsp3) is 0.583. The molecule has 2 saturated heterocycles. The van der Waals surface area contributed by atoms with E-state index in [1.165, 1.54) is 24.3 Å². The number of hydrogen-bond donors (Lipinski definition) is 3. The van der Waals surface area contributed by atoms with Crippen LogP contribution in [0.15, 0.2) is 52.2 Å². The molecule has 2 fully saturated rings. The number of aromatic amines is 1. The van der Waals surface area contributed by atoms with Crippen molar-refractivity contribution in [2.24, 2.45) is 0 Å². The Bertz CT molecular complexity index is 2670. The summed E-state index contributed by atoms with van der Waals surface area (Å²) in [6.07, 6.45) is -4.34. The molecule has 1 amide bonds. The summed E-state index contributed by atoms with van der Waals surface area (Å²) in [5, 5.41) is 26.8. The number of ether oxygens (including phenoxy) is 2. The van der Waals surface area contributed by atoms with Gasteiger partial charge >= 0.3 is 23.3 Å². The van der Waals surface area contributed by atoms with Gasteiger partial charge in [0.15, 0.2) is 22.5 Å². The second-order valence-electron chi connectivity index (χ2n) is 21.5. The highest BCUT2D eigenvalue weighted by Crippen LogP contribution is 2.49. The van der Waals surface area contributed by atoms with Crippen LogP contribution in [0.2, 0.25) is 36.3 Å². The first kappa shape index (κ1) is 54.2. The Hall–Kier alpha value is -5.14. The monoisotopic (exact) mass is 1020 g/mol. The number of H-pyrrole nitrogens is 1. The predicted octanol–water partition coefficient (Wildman–Crippen LogP) is 7.22. The molecule has 0 aliphatic carbocycles. The number of hydrogen-bond acceptors (Lipinski definition) is 13. The zero-order chi connectivity index (χ0) is 51.9. The molecule has 384 valence electrons. The Morgan fingerprint density at radius 3 is 2.20 bits per heavy atom. The summed E-state index contributed by atoms with van der Waals surface area (Å²) in [6, 6.07) is 8.33. The SMILES string of the molecule is CC(C)c1cc(-c2n[nH]c(=O)n2-c2ccc(CN3CCN(C(=O)CCOC(=O)Cc4ccn([C@@H]5O[C@H](CO[Si](C)(C)C(C)(C)C)[C@@H](O[Si](C)(C)C(C)(C)C)C5(F)F)c(=O)n4)CC3)c(F)c2)c(O)cc1O. The highest BCUT2D eigenvalue weighted by atomic mass is 28.4. The van der Waals surface area contributed by atoms with E-state index >= 15 is 13.2 Å². The van der Waals surface area contributed by atoms with Gasteiger partial charge in [-0.2, -0.15) is 18.9 Å². The van der Waals surface area contributed by atoms with Crippen LogP contribution in [0.25, 0.3) is 17.1 Å². The highest BCUT2D eigenvalue weighted by Gasteiger charge is 2.63. The lowest BCUT2D eigenvalue weighted by molar-refractivity contribution is -0.145. The number of nitrogens with one attached hydrogen (secondary N) is 1. The number of rotatable bonds is 16. The van der Waals surface area contributed by atoms with E-state index in [0.717, 1.165) is 10.8 Å². The van der Waals surface area contributed by atoms with Crippen molar-refractivity contribution in [2.45, 2.75) is 141 Å². The van der Waals surface area contributed by atoms with Gasteiger partial charge in [0.05, 0.1) is 36.4 Å². The third-order valence-electron chi connectivity index (χ3n) is 14.1. The van der Waals surface area contributed by atoms with E-state index in [1.807, 2.05) is 86.5 Å². The zero-order valence-corrected chi connectivity index (χ0v) is 44.2. The van der Waals surface area contributed by atoms with Gasteiger partial charge in [-0.15, -0.1) is 0 Å². The summed E-state index contributed by atoms with van der Waals surface area (Å²) < 4.78 is 74.3. The first-order valence-electron chi connectivity index (χ1n) is 23.5. The number of esters is 1. The van der Waals surface area contributed by atoms with Gasteiger partial charge in [0.1, 0.15) is 36.1 Å². The Morgan fingerprint density at radius 1 is 0.943 bits per heavy atom. The fourth-order valence-corrected chi connectivity index (χ4v) is 10.0. The molecule has 4 aromatic rings. The van der Waals surface area contributed by atoms with Crippen molar-refractivity contribution in [3.05, 3.63) is 86.2 Å². The molecule has 70 heavy (non-hydrogen) atoms. The molecule has 2 aliphatic heterocycles. The molecule has 0 saturated carbocycles. The molecule has 0 spiro atoms. The van der Waals surface area contributed by atoms with Crippen molar-refractivity contribution >= 4 is 28.5 Å². The smallest absolute Gasteiger partial charge is 0.350 e. The molecule has 2 aromatic carbocycles. The standard InChI is InChI=1S/C48H68F3N7O10Si2/c1-29(2)33-25-34(37(60)26-36(33)59)42-53-54-45(64)58(42)32-14-13-30(35(49)24-32)27-55-18-20-56(21-19-55)39(61)16-22-65-40(62)23-31-15-17-57(44(63)52-31)43-48(50,51)41(68-70(11,12)47(6,7)8)38(67-43)28-66-69(9,10)46(3,4)5/h13-15,17,24-26,29,38,41,43,59-60H,16,18-23,27-28H2,1-12H3,(H,54,64)/t38-,41-,43-/m1/s1. The van der Waals surface area contributed by atoms with Crippen LogP contribution in [-0.4, -0.2) is 130 Å². The molecule has 0 unspecified atom stereocenters. The molecule has 3 N–H and O–H groups in total. The van der Waals surface area contributed by atoms with Crippen LogP contribution in [0.3, 0.4) is 0 Å². The van der Waals surface area contributed by atoms with Crippen LogP contribution >= 0.6 is 0 Å². The molecule has 17 nitrogen and oxygen atoms in total. The van der Waals surface area contributed by atoms with Crippen molar-refractivity contribution in [3.63, 3.8) is 0 Å². The molecular formula is C48H68F3N7O10Si2. The summed E-state index contributed by atoms with van der Waals surface area (Å²) in [5.41, 5.74) is -0.465. The van der Waals surface area contributed by atoms with Gasteiger partial charge in [-0.25, -0.2) is 23.6 Å². The average molecular weight is 1020 g/mol.